The van der Waals surface area contributed by atoms with Gasteiger partial charge >= 0.3 is 0 Å². The third kappa shape index (κ3) is 5.21. The van der Waals surface area contributed by atoms with Crippen molar-refractivity contribution in [3.05, 3.63) is 179 Å². The molecule has 0 spiro atoms. The van der Waals surface area contributed by atoms with Gasteiger partial charge in [-0.05, 0) is 110 Å². The predicted octanol–water partition coefficient (Wildman–Crippen LogP) is 8.08. The molecule has 250 valence electrons. The lowest BCUT2D eigenvalue weighted by Gasteiger charge is -2.26. The Morgan fingerprint density at radius 2 is 1.51 bits per heavy atom. The van der Waals surface area contributed by atoms with E-state index in [1.165, 1.54) is 65.7 Å². The summed E-state index contributed by atoms with van der Waals surface area (Å²) in [6, 6.07) is 40.3. The Kier molecular flexibility index (Phi) is 7.23. The number of rotatable bonds is 6. The molecule has 6 unspecified atom stereocenters. The fraction of sp³-hybridized carbons (Fsp3) is 0.191. The Labute approximate surface area is 299 Å². The van der Waals surface area contributed by atoms with Gasteiger partial charge in [-0.25, -0.2) is 0 Å². The van der Waals surface area contributed by atoms with Gasteiger partial charge < -0.3 is 5.73 Å². The van der Waals surface area contributed by atoms with Crippen LogP contribution >= 0.6 is 0 Å². The smallest absolute Gasteiger partial charge is 0.103 e. The predicted molar refractivity (Wildman–Crippen MR) is 210 cm³/mol. The molecule has 3 aliphatic carbocycles. The Balaban J connectivity index is 1.09. The van der Waals surface area contributed by atoms with E-state index in [-0.39, 0.29) is 12.3 Å². The summed E-state index contributed by atoms with van der Waals surface area (Å²) in [6.07, 6.45) is 22.1. The lowest BCUT2D eigenvalue weighted by molar-refractivity contribution is 0.318. The number of hydrogen-bond acceptors (Lipinski definition) is 4. The first-order valence-corrected chi connectivity index (χ1v) is 18.4. The molecule has 2 aliphatic heterocycles. The molecule has 0 bridgehead atoms. The van der Waals surface area contributed by atoms with E-state index >= 15 is 0 Å². The van der Waals surface area contributed by atoms with Crippen LogP contribution in [0.5, 0.6) is 0 Å². The van der Waals surface area contributed by atoms with Crippen LogP contribution in [-0.4, -0.2) is 27.9 Å². The highest BCUT2D eigenvalue weighted by atomic mass is 15.9. The van der Waals surface area contributed by atoms with Crippen molar-refractivity contribution >= 4 is 22.4 Å². The minimum absolute atomic E-state index is 0.0677. The number of nitrogens with two attached hydrogens (primary N) is 1. The van der Waals surface area contributed by atoms with E-state index in [1.54, 1.807) is 0 Å². The molecule has 4 heteroatoms. The molecule has 2 saturated heterocycles. The Bertz CT molecular complexity index is 2440. The van der Waals surface area contributed by atoms with Crippen LogP contribution in [0.25, 0.3) is 44.7 Å². The Morgan fingerprint density at radius 3 is 2.35 bits per heavy atom. The van der Waals surface area contributed by atoms with Gasteiger partial charge in [0.1, 0.15) is 12.3 Å². The maximum Gasteiger partial charge on any atom is 0.103 e. The summed E-state index contributed by atoms with van der Waals surface area (Å²) < 4.78 is 0. The van der Waals surface area contributed by atoms with Gasteiger partial charge in [-0.3, -0.25) is 5.32 Å². The van der Waals surface area contributed by atoms with Crippen LogP contribution in [-0.2, 0) is 0 Å². The minimum atomic E-state index is -0.522. The molecular weight excluding hydrogens is 621 g/mol. The highest BCUT2D eigenvalue weighted by Gasteiger charge is 2.62. The van der Waals surface area contributed by atoms with E-state index in [4.69, 9.17) is 5.73 Å². The van der Waals surface area contributed by atoms with Crippen molar-refractivity contribution in [2.75, 3.05) is 0 Å². The zero-order valence-corrected chi connectivity index (χ0v) is 28.9. The molecule has 0 saturated carbocycles. The lowest BCUT2D eigenvalue weighted by Crippen LogP contribution is -2.39. The molecule has 3 N–H and O–H groups in total. The summed E-state index contributed by atoms with van der Waals surface area (Å²) >= 11 is 0. The summed E-state index contributed by atoms with van der Waals surface area (Å²) in [6.45, 7) is 2.11. The second kappa shape index (κ2) is 12.0. The fourth-order valence-corrected chi connectivity index (χ4v) is 9.12. The molecule has 0 amide bonds. The Morgan fingerprint density at radius 1 is 0.725 bits per heavy atom. The molecule has 5 aromatic carbocycles. The van der Waals surface area contributed by atoms with Crippen molar-refractivity contribution in [3.8, 4) is 22.3 Å². The summed E-state index contributed by atoms with van der Waals surface area (Å²) in [7, 11) is 0. The summed E-state index contributed by atoms with van der Waals surface area (Å²) in [5.41, 5.74) is 16.4. The number of nitrogens with one attached hydrogen (secondary N) is 1. The fourth-order valence-electron chi connectivity index (χ4n) is 9.12. The number of hydrazine groups is 1. The molecule has 5 aliphatic rings. The van der Waals surface area contributed by atoms with Gasteiger partial charge in [-0.1, -0.05) is 140 Å². The van der Waals surface area contributed by atoms with Crippen molar-refractivity contribution in [1.82, 2.24) is 15.3 Å². The van der Waals surface area contributed by atoms with Crippen LogP contribution in [0.15, 0.2) is 157 Å². The number of benzene rings is 5. The maximum absolute atomic E-state index is 6.90. The van der Waals surface area contributed by atoms with Gasteiger partial charge in [0.2, 0.25) is 0 Å². The first kappa shape index (κ1) is 30.7. The summed E-state index contributed by atoms with van der Waals surface area (Å²) in [5, 5.41) is 14.3. The zero-order chi connectivity index (χ0) is 34.1. The molecule has 7 atom stereocenters. The van der Waals surface area contributed by atoms with Gasteiger partial charge in [0.15, 0.2) is 0 Å². The van der Waals surface area contributed by atoms with E-state index in [2.05, 4.69) is 180 Å². The largest absolute Gasteiger partial charge is 0.318 e. The van der Waals surface area contributed by atoms with Gasteiger partial charge in [-0.15, -0.1) is 0 Å². The van der Waals surface area contributed by atoms with E-state index in [1.807, 2.05) is 0 Å². The van der Waals surface area contributed by atoms with E-state index in [0.29, 0.717) is 12.1 Å². The molecule has 2 heterocycles. The first-order valence-electron chi connectivity index (χ1n) is 18.4. The minimum Gasteiger partial charge on any atom is -0.318 e. The second-order valence-electron chi connectivity index (χ2n) is 14.9. The van der Waals surface area contributed by atoms with Crippen molar-refractivity contribution in [2.24, 2.45) is 11.7 Å². The Hall–Kier alpha value is -5.10. The van der Waals surface area contributed by atoms with E-state index in [0.717, 1.165) is 19.3 Å². The third-order valence-corrected chi connectivity index (χ3v) is 11.5. The molecular formula is C47H42N4. The van der Waals surface area contributed by atoms with Crippen LogP contribution in [0.1, 0.15) is 43.5 Å². The molecule has 0 aromatic heterocycles. The monoisotopic (exact) mass is 662 g/mol. The van der Waals surface area contributed by atoms with Gasteiger partial charge in [0.25, 0.3) is 0 Å². The first-order chi connectivity index (χ1) is 25.0. The number of allylic oxidation sites excluding steroid dienone is 6. The highest BCUT2D eigenvalue weighted by molar-refractivity contribution is 5.97. The molecule has 5 aromatic rings. The second-order valence-corrected chi connectivity index (χ2v) is 14.9. The number of nitrogens with zero attached hydrogens (tertiary/aromatic N) is 2. The lowest BCUT2D eigenvalue weighted by atomic mass is 9.88. The number of fused-ring (bicyclic) bond motifs is 3. The zero-order valence-electron chi connectivity index (χ0n) is 28.9. The molecule has 51 heavy (non-hydrogen) atoms. The molecule has 2 fully saturated rings. The van der Waals surface area contributed by atoms with E-state index in [9.17, 15) is 0 Å². The van der Waals surface area contributed by atoms with Crippen LogP contribution in [0.2, 0.25) is 0 Å². The van der Waals surface area contributed by atoms with Gasteiger partial charge in [0.05, 0.1) is 11.7 Å². The van der Waals surface area contributed by atoms with Gasteiger partial charge in [0, 0.05) is 5.92 Å². The summed E-state index contributed by atoms with van der Waals surface area (Å²) in [4.78, 5) is 0. The highest BCUT2D eigenvalue weighted by Crippen LogP contribution is 2.51. The van der Waals surface area contributed by atoms with Crippen LogP contribution in [0.4, 0.5) is 0 Å². The molecule has 0 radical (unpaired) electrons. The average Bonchev–Trinajstić information content (AvgIpc) is 3.66. The number of hydrogen-bond donors (Lipinski definition) is 2. The SMILES string of the molecule is C[C@]1(N)C=c2ccccc2=C1c1ccc(-c2cc(-c3cccc4ccccc34)cc(C3NC(C4=CC=CCC4)N4C(C5C=CC=CC5)N34)c2)cc1. The van der Waals surface area contributed by atoms with Crippen molar-refractivity contribution in [1.29, 1.82) is 0 Å². The van der Waals surface area contributed by atoms with Crippen molar-refractivity contribution in [2.45, 2.75) is 50.2 Å². The van der Waals surface area contributed by atoms with Crippen molar-refractivity contribution < 1.29 is 0 Å². The van der Waals surface area contributed by atoms with Gasteiger partial charge in [-0.2, -0.15) is 10.0 Å². The molecule has 4 nitrogen and oxygen atoms in total. The topological polar surface area (TPSA) is 44.1 Å². The van der Waals surface area contributed by atoms with E-state index < -0.39 is 5.54 Å². The van der Waals surface area contributed by atoms with Crippen molar-refractivity contribution in [3.63, 3.8) is 0 Å². The maximum atomic E-state index is 6.90. The average molecular weight is 663 g/mol. The van der Waals surface area contributed by atoms with Crippen LogP contribution in [0, 0.1) is 5.92 Å². The third-order valence-electron chi connectivity index (χ3n) is 11.5. The summed E-state index contributed by atoms with van der Waals surface area (Å²) in [5.74, 6) is 0.471. The van der Waals surface area contributed by atoms with Crippen LogP contribution in [0.3, 0.4) is 0 Å². The quantitative estimate of drug-likeness (QED) is 0.181. The standard InChI is InChI=1S/C47H42N4/c1-47(48)30-36-18-9-11-21-42(36)43(47)33-25-23-31(24-26-33)37-27-38(41-22-12-19-32-13-8-10-20-40(32)41)29-39(28-37)45-49-44(34-14-4-2-5-15-34)50-46(51(45)50)35-16-6-3-7-17-35/h2-4,6-14,16,18-30,35,44-46,49H,5,15,17,48H2,1H3/t35?,44?,45?,46?,47-,50?,51?/m0/s1. The molecule has 10 rings (SSSR count). The van der Waals surface area contributed by atoms with Crippen LogP contribution < -0.4 is 21.5 Å². The normalized spacial score (nSPS) is 28.7.